The van der Waals surface area contributed by atoms with Crippen molar-refractivity contribution in [3.05, 3.63) is 71.2 Å². The van der Waals surface area contributed by atoms with E-state index in [-0.39, 0.29) is 5.56 Å². The summed E-state index contributed by atoms with van der Waals surface area (Å²) >= 11 is 0.661. The van der Waals surface area contributed by atoms with Gasteiger partial charge in [0.05, 0.1) is 5.69 Å². The van der Waals surface area contributed by atoms with Crippen LogP contribution in [0.15, 0.2) is 58.3 Å². The summed E-state index contributed by atoms with van der Waals surface area (Å²) in [6.07, 6.45) is 1.52. The molecular formula is C16H11F2N3O3S2. The van der Waals surface area contributed by atoms with Gasteiger partial charge in [-0.3, -0.25) is 15.2 Å². The van der Waals surface area contributed by atoms with Crippen LogP contribution in [-0.4, -0.2) is 19.3 Å². The maximum Gasteiger partial charge on any atom is 0.269 e. The lowest BCUT2D eigenvalue weighted by Crippen LogP contribution is -2.41. The fraction of sp³-hybridized carbons (Fsp3) is 0. The van der Waals surface area contributed by atoms with Gasteiger partial charge in [0, 0.05) is 17.3 Å². The van der Waals surface area contributed by atoms with Crippen molar-refractivity contribution in [3.8, 4) is 11.3 Å². The van der Waals surface area contributed by atoms with Crippen LogP contribution in [0.3, 0.4) is 0 Å². The molecule has 0 aliphatic carbocycles. The van der Waals surface area contributed by atoms with Gasteiger partial charge in [-0.05, 0) is 41.8 Å². The molecule has 6 nitrogen and oxygen atoms in total. The van der Waals surface area contributed by atoms with Crippen LogP contribution in [0.5, 0.6) is 0 Å². The Morgan fingerprint density at radius 1 is 1.12 bits per heavy atom. The second-order valence-corrected chi connectivity index (χ2v) is 7.85. The van der Waals surface area contributed by atoms with Crippen LogP contribution in [0.1, 0.15) is 10.4 Å². The molecule has 0 saturated heterocycles. The summed E-state index contributed by atoms with van der Waals surface area (Å²) < 4.78 is 50.6. The zero-order valence-electron chi connectivity index (χ0n) is 12.9. The SMILES string of the molecule is O=C(NNS(=O)(=O)c1sccc1F)c1cc(F)cc(-c2ccccn2)c1. The summed E-state index contributed by atoms with van der Waals surface area (Å²) in [4.78, 5) is 18.0. The summed E-state index contributed by atoms with van der Waals surface area (Å²) in [6.45, 7) is 0. The second kappa shape index (κ2) is 7.28. The normalized spacial score (nSPS) is 11.3. The smallest absolute Gasteiger partial charge is 0.269 e. The quantitative estimate of drug-likeness (QED) is 0.650. The van der Waals surface area contributed by atoms with Crippen molar-refractivity contribution in [3.63, 3.8) is 0 Å². The van der Waals surface area contributed by atoms with E-state index in [9.17, 15) is 22.0 Å². The number of pyridine rings is 1. The molecule has 134 valence electrons. The van der Waals surface area contributed by atoms with Crippen LogP contribution >= 0.6 is 11.3 Å². The first-order valence-electron chi connectivity index (χ1n) is 7.14. The molecule has 0 aliphatic rings. The Bertz CT molecular complexity index is 1050. The van der Waals surface area contributed by atoms with E-state index < -0.39 is 31.8 Å². The molecule has 26 heavy (non-hydrogen) atoms. The van der Waals surface area contributed by atoms with Crippen LogP contribution in [0.4, 0.5) is 8.78 Å². The molecule has 1 amide bonds. The predicted molar refractivity (Wildman–Crippen MR) is 91.7 cm³/mol. The Kier molecular flexibility index (Phi) is 5.07. The molecule has 0 radical (unpaired) electrons. The van der Waals surface area contributed by atoms with Crippen LogP contribution in [0.25, 0.3) is 11.3 Å². The van der Waals surface area contributed by atoms with Gasteiger partial charge < -0.3 is 0 Å². The summed E-state index contributed by atoms with van der Waals surface area (Å²) in [7, 11) is -4.27. The number of nitrogens with zero attached hydrogens (tertiary/aromatic N) is 1. The molecule has 2 heterocycles. The lowest BCUT2D eigenvalue weighted by atomic mass is 10.1. The van der Waals surface area contributed by atoms with E-state index in [0.717, 1.165) is 12.1 Å². The third-order valence-corrected chi connectivity index (χ3v) is 5.93. The minimum Gasteiger partial charge on any atom is -0.273 e. The number of amides is 1. The number of hydrogen-bond acceptors (Lipinski definition) is 5. The Hall–Kier alpha value is -2.69. The number of rotatable bonds is 5. The van der Waals surface area contributed by atoms with Gasteiger partial charge >= 0.3 is 0 Å². The highest BCUT2D eigenvalue weighted by atomic mass is 32.2. The van der Waals surface area contributed by atoms with E-state index >= 15 is 0 Å². The van der Waals surface area contributed by atoms with Crippen molar-refractivity contribution < 1.29 is 22.0 Å². The average Bonchev–Trinajstić information content (AvgIpc) is 3.07. The average molecular weight is 395 g/mol. The molecule has 0 spiro atoms. The van der Waals surface area contributed by atoms with Gasteiger partial charge in [0.15, 0.2) is 10.0 Å². The summed E-state index contributed by atoms with van der Waals surface area (Å²) in [6, 6.07) is 9.53. The number of hydrazine groups is 1. The van der Waals surface area contributed by atoms with Crippen molar-refractivity contribution in [2.75, 3.05) is 0 Å². The number of benzene rings is 1. The fourth-order valence-electron chi connectivity index (χ4n) is 2.11. The third kappa shape index (κ3) is 3.93. The van der Waals surface area contributed by atoms with E-state index in [1.165, 1.54) is 23.7 Å². The predicted octanol–water partition coefficient (Wildman–Crippen LogP) is 2.71. The van der Waals surface area contributed by atoms with Gasteiger partial charge in [-0.25, -0.2) is 17.2 Å². The van der Waals surface area contributed by atoms with Gasteiger partial charge in [-0.2, -0.15) is 0 Å². The van der Waals surface area contributed by atoms with E-state index in [2.05, 4.69) is 4.98 Å². The van der Waals surface area contributed by atoms with Gasteiger partial charge in [0.25, 0.3) is 15.9 Å². The maximum absolute atomic E-state index is 13.8. The highest BCUT2D eigenvalue weighted by molar-refractivity contribution is 7.91. The van der Waals surface area contributed by atoms with Gasteiger partial charge in [-0.1, -0.05) is 6.07 Å². The lowest BCUT2D eigenvalue weighted by molar-refractivity contribution is 0.0944. The van der Waals surface area contributed by atoms with Crippen LogP contribution in [-0.2, 0) is 10.0 Å². The molecule has 0 saturated carbocycles. The van der Waals surface area contributed by atoms with Crippen LogP contribution in [0, 0.1) is 11.6 Å². The topological polar surface area (TPSA) is 88.2 Å². The molecule has 2 aromatic heterocycles. The number of hydrogen-bond donors (Lipinski definition) is 2. The number of thiophene rings is 1. The molecular weight excluding hydrogens is 384 g/mol. The number of nitrogens with one attached hydrogen (secondary N) is 2. The molecule has 1 aromatic carbocycles. The fourth-order valence-corrected chi connectivity index (χ4v) is 4.04. The Labute approximate surface area is 151 Å². The minimum absolute atomic E-state index is 0.125. The molecule has 0 atom stereocenters. The van der Waals surface area contributed by atoms with E-state index in [4.69, 9.17) is 0 Å². The first-order chi connectivity index (χ1) is 12.4. The number of carbonyl (C=O) groups is 1. The Morgan fingerprint density at radius 2 is 1.92 bits per heavy atom. The third-order valence-electron chi connectivity index (χ3n) is 3.25. The Balaban J connectivity index is 1.80. The summed E-state index contributed by atoms with van der Waals surface area (Å²) in [5.74, 6) is -2.52. The van der Waals surface area contributed by atoms with E-state index in [1.807, 2.05) is 5.43 Å². The van der Waals surface area contributed by atoms with Crippen molar-refractivity contribution in [2.45, 2.75) is 4.21 Å². The maximum atomic E-state index is 13.8. The van der Waals surface area contributed by atoms with Gasteiger partial charge in [-0.15, -0.1) is 16.2 Å². The second-order valence-electron chi connectivity index (χ2n) is 5.06. The molecule has 0 aliphatic heterocycles. The zero-order valence-corrected chi connectivity index (χ0v) is 14.6. The largest absolute Gasteiger partial charge is 0.273 e. The van der Waals surface area contributed by atoms with Crippen molar-refractivity contribution >= 4 is 27.3 Å². The Morgan fingerprint density at radius 3 is 2.58 bits per heavy atom. The molecule has 0 unspecified atom stereocenters. The first kappa shape index (κ1) is 18.1. The summed E-state index contributed by atoms with van der Waals surface area (Å²) in [5.41, 5.74) is 2.61. The number of aromatic nitrogens is 1. The number of halogens is 2. The van der Waals surface area contributed by atoms with E-state index in [0.29, 0.717) is 22.6 Å². The van der Waals surface area contributed by atoms with E-state index in [1.54, 1.807) is 23.0 Å². The lowest BCUT2D eigenvalue weighted by Gasteiger charge is -2.09. The van der Waals surface area contributed by atoms with Gasteiger partial charge in [0.1, 0.15) is 5.82 Å². The van der Waals surface area contributed by atoms with Crippen LogP contribution < -0.4 is 10.3 Å². The minimum atomic E-state index is -4.27. The number of sulfonamides is 1. The first-order valence-corrected chi connectivity index (χ1v) is 9.50. The van der Waals surface area contributed by atoms with Crippen LogP contribution in [0.2, 0.25) is 0 Å². The molecule has 0 bridgehead atoms. The molecule has 2 N–H and O–H groups in total. The van der Waals surface area contributed by atoms with Crippen molar-refractivity contribution in [1.82, 2.24) is 15.2 Å². The molecule has 3 rings (SSSR count). The zero-order chi connectivity index (χ0) is 18.7. The monoisotopic (exact) mass is 395 g/mol. The standard InChI is InChI=1S/C16H11F2N3O3S2/c17-12-8-10(14-3-1-2-5-19-14)7-11(9-12)15(22)20-21-26(23,24)16-13(18)4-6-25-16/h1-9,21H,(H,20,22). The molecule has 10 heteroatoms. The van der Waals surface area contributed by atoms with Crippen molar-refractivity contribution in [1.29, 1.82) is 0 Å². The molecule has 3 aromatic rings. The summed E-state index contributed by atoms with van der Waals surface area (Å²) in [5, 5.41) is 1.26. The highest BCUT2D eigenvalue weighted by Gasteiger charge is 2.22. The highest BCUT2D eigenvalue weighted by Crippen LogP contribution is 2.21. The molecule has 0 fully saturated rings. The van der Waals surface area contributed by atoms with Gasteiger partial charge in [0.2, 0.25) is 0 Å². The number of carbonyl (C=O) groups excluding carboxylic acids is 1. The van der Waals surface area contributed by atoms with Crippen molar-refractivity contribution in [2.24, 2.45) is 0 Å².